The highest BCUT2D eigenvalue weighted by molar-refractivity contribution is 5.92. The van der Waals surface area contributed by atoms with E-state index < -0.39 is 0 Å². The van der Waals surface area contributed by atoms with Crippen molar-refractivity contribution in [1.29, 1.82) is 0 Å². The number of rotatable bonds is 3. The fraction of sp³-hybridized carbons (Fsp3) is 0.444. The van der Waals surface area contributed by atoms with Crippen molar-refractivity contribution in [3.05, 3.63) is 23.3 Å². The lowest BCUT2D eigenvalue weighted by molar-refractivity contribution is 0.0949. The summed E-state index contributed by atoms with van der Waals surface area (Å²) in [5.41, 5.74) is 6.45. The first-order valence-corrected chi connectivity index (χ1v) is 4.44. The topological polar surface area (TPSA) is 80.9 Å². The summed E-state index contributed by atoms with van der Waals surface area (Å²) in [4.78, 5) is 19.6. The molecule has 0 radical (unpaired) electrons. The van der Waals surface area contributed by atoms with Crippen LogP contribution in [0.15, 0.2) is 6.07 Å². The molecule has 1 aromatic rings. The largest absolute Gasteiger partial charge is 0.349 e. The van der Waals surface area contributed by atoms with E-state index in [1.54, 1.807) is 13.0 Å². The van der Waals surface area contributed by atoms with Crippen LogP contribution in [0.4, 0.5) is 0 Å². The fourth-order valence-electron chi connectivity index (χ4n) is 1.11. The maximum Gasteiger partial charge on any atom is 0.270 e. The van der Waals surface area contributed by atoms with Crippen molar-refractivity contribution < 1.29 is 4.79 Å². The summed E-state index contributed by atoms with van der Waals surface area (Å²) < 4.78 is 0. The molecule has 14 heavy (non-hydrogen) atoms. The van der Waals surface area contributed by atoms with Crippen LogP contribution < -0.4 is 11.1 Å². The van der Waals surface area contributed by atoms with Crippen LogP contribution in [0.3, 0.4) is 0 Å². The predicted octanol–water partition coefficient (Wildman–Crippen LogP) is -0.218. The zero-order valence-electron chi connectivity index (χ0n) is 8.37. The van der Waals surface area contributed by atoms with E-state index in [2.05, 4.69) is 15.3 Å². The molecule has 0 saturated carbocycles. The molecule has 0 saturated heterocycles. The van der Waals surface area contributed by atoms with E-state index in [0.29, 0.717) is 24.6 Å². The Morgan fingerprint density at radius 1 is 1.50 bits per heavy atom. The fourth-order valence-corrected chi connectivity index (χ4v) is 1.11. The van der Waals surface area contributed by atoms with Crippen LogP contribution in [0.1, 0.15) is 22.0 Å². The SMILES string of the molecule is Cc1cc(C(=O)NCCN)nc(C)n1. The average molecular weight is 194 g/mol. The highest BCUT2D eigenvalue weighted by atomic mass is 16.1. The van der Waals surface area contributed by atoms with Crippen LogP contribution in [0.2, 0.25) is 0 Å². The summed E-state index contributed by atoms with van der Waals surface area (Å²) >= 11 is 0. The molecule has 5 heteroatoms. The molecule has 0 aliphatic heterocycles. The third kappa shape index (κ3) is 2.77. The standard InChI is InChI=1S/C9H14N4O/c1-6-5-8(13-7(2)12-6)9(14)11-4-3-10/h5H,3-4,10H2,1-2H3,(H,11,14). The molecule has 0 atom stereocenters. The number of nitrogens with one attached hydrogen (secondary N) is 1. The Balaban J connectivity index is 2.79. The summed E-state index contributed by atoms with van der Waals surface area (Å²) in [5.74, 6) is 0.395. The second kappa shape index (κ2) is 4.66. The van der Waals surface area contributed by atoms with E-state index in [0.717, 1.165) is 5.69 Å². The number of hydrogen-bond donors (Lipinski definition) is 2. The molecule has 0 fully saturated rings. The predicted molar refractivity (Wildman–Crippen MR) is 52.9 cm³/mol. The molecule has 0 spiro atoms. The Hall–Kier alpha value is -1.49. The summed E-state index contributed by atoms with van der Waals surface area (Å²) in [5, 5.41) is 2.65. The first kappa shape index (κ1) is 10.6. The van der Waals surface area contributed by atoms with Gasteiger partial charge in [0.2, 0.25) is 0 Å². The number of carbonyl (C=O) groups is 1. The van der Waals surface area contributed by atoms with E-state index in [1.807, 2.05) is 6.92 Å². The van der Waals surface area contributed by atoms with E-state index in [-0.39, 0.29) is 5.91 Å². The lowest BCUT2D eigenvalue weighted by Gasteiger charge is -2.03. The molecule has 1 heterocycles. The average Bonchev–Trinajstić information content (AvgIpc) is 2.12. The molecule has 0 aromatic carbocycles. The number of nitrogens with two attached hydrogens (primary N) is 1. The molecule has 1 rings (SSSR count). The molecule has 1 amide bonds. The minimum absolute atomic E-state index is 0.205. The van der Waals surface area contributed by atoms with Crippen molar-refractivity contribution in [1.82, 2.24) is 15.3 Å². The van der Waals surface area contributed by atoms with Gasteiger partial charge >= 0.3 is 0 Å². The van der Waals surface area contributed by atoms with E-state index >= 15 is 0 Å². The minimum Gasteiger partial charge on any atom is -0.349 e. The zero-order valence-corrected chi connectivity index (χ0v) is 8.37. The Labute approximate surface area is 82.7 Å². The van der Waals surface area contributed by atoms with Gasteiger partial charge in [-0.1, -0.05) is 0 Å². The van der Waals surface area contributed by atoms with E-state index in [1.165, 1.54) is 0 Å². The van der Waals surface area contributed by atoms with Crippen molar-refractivity contribution in [3.63, 3.8) is 0 Å². The first-order chi connectivity index (χ1) is 6.63. The molecular weight excluding hydrogens is 180 g/mol. The van der Waals surface area contributed by atoms with Crippen LogP contribution in [0.25, 0.3) is 0 Å². The molecule has 5 nitrogen and oxygen atoms in total. The van der Waals surface area contributed by atoms with Gasteiger partial charge in [-0.15, -0.1) is 0 Å². The number of hydrogen-bond acceptors (Lipinski definition) is 4. The van der Waals surface area contributed by atoms with Crippen LogP contribution in [0, 0.1) is 13.8 Å². The van der Waals surface area contributed by atoms with E-state index in [4.69, 9.17) is 5.73 Å². The van der Waals surface area contributed by atoms with Gasteiger partial charge < -0.3 is 11.1 Å². The molecule has 1 aromatic heterocycles. The van der Waals surface area contributed by atoms with Crippen LogP contribution in [-0.4, -0.2) is 29.0 Å². The number of amides is 1. The Bertz CT molecular complexity index is 317. The third-order valence-corrected chi connectivity index (χ3v) is 1.63. The van der Waals surface area contributed by atoms with Gasteiger partial charge in [0.1, 0.15) is 11.5 Å². The summed E-state index contributed by atoms with van der Waals surface area (Å²) in [6, 6.07) is 1.65. The van der Waals surface area contributed by atoms with Crippen LogP contribution in [-0.2, 0) is 0 Å². The lowest BCUT2D eigenvalue weighted by Crippen LogP contribution is -2.29. The lowest BCUT2D eigenvalue weighted by atomic mass is 10.3. The van der Waals surface area contributed by atoms with Crippen molar-refractivity contribution in [2.45, 2.75) is 13.8 Å². The van der Waals surface area contributed by atoms with Crippen LogP contribution >= 0.6 is 0 Å². The van der Waals surface area contributed by atoms with Gasteiger partial charge in [0.15, 0.2) is 0 Å². The van der Waals surface area contributed by atoms with E-state index in [9.17, 15) is 4.79 Å². The van der Waals surface area contributed by atoms with Gasteiger partial charge in [-0.3, -0.25) is 4.79 Å². The Morgan fingerprint density at radius 3 is 2.79 bits per heavy atom. The maximum absolute atomic E-state index is 11.5. The van der Waals surface area contributed by atoms with Gasteiger partial charge in [-0.25, -0.2) is 9.97 Å². The Kier molecular flexibility index (Phi) is 3.53. The van der Waals surface area contributed by atoms with Crippen molar-refractivity contribution in [2.24, 2.45) is 5.73 Å². The number of nitrogens with zero attached hydrogens (tertiary/aromatic N) is 2. The number of aromatic nitrogens is 2. The van der Waals surface area contributed by atoms with Gasteiger partial charge in [-0.05, 0) is 19.9 Å². The second-order valence-electron chi connectivity index (χ2n) is 2.99. The van der Waals surface area contributed by atoms with Crippen molar-refractivity contribution >= 4 is 5.91 Å². The molecule has 0 unspecified atom stereocenters. The molecule has 0 bridgehead atoms. The molecule has 3 N–H and O–H groups in total. The van der Waals surface area contributed by atoms with Gasteiger partial charge in [0.25, 0.3) is 5.91 Å². The molecule has 0 aliphatic carbocycles. The van der Waals surface area contributed by atoms with Gasteiger partial charge in [-0.2, -0.15) is 0 Å². The summed E-state index contributed by atoms with van der Waals surface area (Å²) in [6.07, 6.45) is 0. The highest BCUT2D eigenvalue weighted by Crippen LogP contribution is 1.99. The second-order valence-corrected chi connectivity index (χ2v) is 2.99. The van der Waals surface area contributed by atoms with Crippen molar-refractivity contribution in [2.75, 3.05) is 13.1 Å². The molecule has 0 aliphatic rings. The summed E-state index contributed by atoms with van der Waals surface area (Å²) in [6.45, 7) is 4.47. The molecular formula is C9H14N4O. The van der Waals surface area contributed by atoms with Crippen molar-refractivity contribution in [3.8, 4) is 0 Å². The monoisotopic (exact) mass is 194 g/mol. The summed E-state index contributed by atoms with van der Waals surface area (Å²) in [7, 11) is 0. The smallest absolute Gasteiger partial charge is 0.270 e. The minimum atomic E-state index is -0.205. The normalized spacial score (nSPS) is 9.93. The molecule has 76 valence electrons. The first-order valence-electron chi connectivity index (χ1n) is 4.44. The highest BCUT2D eigenvalue weighted by Gasteiger charge is 2.07. The van der Waals surface area contributed by atoms with Gasteiger partial charge in [0.05, 0.1) is 0 Å². The number of carbonyl (C=O) groups excluding carboxylic acids is 1. The quantitative estimate of drug-likeness (QED) is 0.697. The Morgan fingerprint density at radius 2 is 2.21 bits per heavy atom. The van der Waals surface area contributed by atoms with Gasteiger partial charge in [0, 0.05) is 18.8 Å². The zero-order chi connectivity index (χ0) is 10.6. The third-order valence-electron chi connectivity index (χ3n) is 1.63. The van der Waals surface area contributed by atoms with Crippen LogP contribution in [0.5, 0.6) is 0 Å². The maximum atomic E-state index is 11.5. The number of aryl methyl sites for hydroxylation is 2.